The second-order valence-corrected chi connectivity index (χ2v) is 5.57. The number of amides is 1. The summed E-state index contributed by atoms with van der Waals surface area (Å²) in [6, 6.07) is 0. The van der Waals surface area contributed by atoms with Crippen LogP contribution in [0.1, 0.15) is 46.5 Å². The van der Waals surface area contributed by atoms with E-state index in [2.05, 4.69) is 20.8 Å². The molecule has 0 heterocycles. The Morgan fingerprint density at radius 3 is 2.27 bits per heavy atom. The van der Waals surface area contributed by atoms with Crippen LogP contribution in [0.25, 0.3) is 0 Å². The van der Waals surface area contributed by atoms with E-state index in [0.29, 0.717) is 17.7 Å². The van der Waals surface area contributed by atoms with Crippen LogP contribution in [-0.2, 0) is 4.79 Å². The first-order valence-corrected chi connectivity index (χ1v) is 6.25. The molecule has 2 heteroatoms. The van der Waals surface area contributed by atoms with Gasteiger partial charge in [-0.15, -0.1) is 0 Å². The topological polar surface area (TPSA) is 20.3 Å². The van der Waals surface area contributed by atoms with Crippen molar-refractivity contribution >= 4 is 5.91 Å². The van der Waals surface area contributed by atoms with Gasteiger partial charge in [0, 0.05) is 19.5 Å². The van der Waals surface area contributed by atoms with Gasteiger partial charge in [-0.3, -0.25) is 4.79 Å². The Morgan fingerprint density at radius 1 is 1.27 bits per heavy atom. The van der Waals surface area contributed by atoms with Crippen LogP contribution in [0.2, 0.25) is 0 Å². The summed E-state index contributed by atoms with van der Waals surface area (Å²) in [6.07, 6.45) is 4.66. The van der Waals surface area contributed by atoms with Crippen molar-refractivity contribution in [3.63, 3.8) is 0 Å². The Kier molecular flexibility index (Phi) is 4.62. The summed E-state index contributed by atoms with van der Waals surface area (Å²) in [5.41, 5.74) is 0. The predicted octanol–water partition coefficient (Wildman–Crippen LogP) is 2.93. The van der Waals surface area contributed by atoms with E-state index >= 15 is 0 Å². The van der Waals surface area contributed by atoms with Crippen LogP contribution >= 0.6 is 0 Å². The van der Waals surface area contributed by atoms with Gasteiger partial charge in [-0.2, -0.15) is 0 Å². The summed E-state index contributed by atoms with van der Waals surface area (Å²) >= 11 is 0. The van der Waals surface area contributed by atoms with E-state index < -0.39 is 0 Å². The molecular formula is C13H25NO. The zero-order chi connectivity index (χ0) is 11.4. The van der Waals surface area contributed by atoms with E-state index in [1.165, 1.54) is 12.8 Å². The van der Waals surface area contributed by atoms with E-state index in [1.54, 1.807) is 0 Å². The third kappa shape index (κ3) is 3.84. The van der Waals surface area contributed by atoms with Crippen LogP contribution in [0, 0.1) is 17.8 Å². The van der Waals surface area contributed by atoms with Gasteiger partial charge in [0.15, 0.2) is 0 Å². The normalized spacial score (nSPS) is 26.7. The molecule has 88 valence electrons. The van der Waals surface area contributed by atoms with Crippen LogP contribution in [0.5, 0.6) is 0 Å². The van der Waals surface area contributed by atoms with E-state index in [1.807, 2.05) is 11.9 Å². The highest BCUT2D eigenvalue weighted by atomic mass is 16.2. The molecule has 0 aliphatic heterocycles. The van der Waals surface area contributed by atoms with Crippen molar-refractivity contribution in [3.05, 3.63) is 0 Å². The molecule has 0 saturated heterocycles. The standard InChI is InChI=1S/C13H25NO/c1-10(2)9-14(4)13(15)12-7-5-11(3)6-8-12/h10-12H,5-9H2,1-4H3/t11-,12-. The molecule has 0 bridgehead atoms. The Morgan fingerprint density at radius 2 is 1.80 bits per heavy atom. The van der Waals surface area contributed by atoms with Crippen LogP contribution in [0.3, 0.4) is 0 Å². The molecule has 0 aromatic rings. The maximum atomic E-state index is 12.1. The average molecular weight is 211 g/mol. The van der Waals surface area contributed by atoms with Crippen molar-refractivity contribution in [3.8, 4) is 0 Å². The Labute approximate surface area is 94.0 Å². The lowest BCUT2D eigenvalue weighted by atomic mass is 9.82. The van der Waals surface area contributed by atoms with E-state index in [9.17, 15) is 4.79 Å². The molecular weight excluding hydrogens is 186 g/mol. The predicted molar refractivity (Wildman–Crippen MR) is 63.6 cm³/mol. The number of hydrogen-bond acceptors (Lipinski definition) is 1. The van der Waals surface area contributed by atoms with Gasteiger partial charge >= 0.3 is 0 Å². The minimum Gasteiger partial charge on any atom is -0.345 e. The van der Waals surface area contributed by atoms with Crippen molar-refractivity contribution < 1.29 is 4.79 Å². The van der Waals surface area contributed by atoms with E-state index in [-0.39, 0.29) is 0 Å². The highest BCUT2D eigenvalue weighted by Crippen LogP contribution is 2.29. The Bertz CT molecular complexity index is 205. The smallest absolute Gasteiger partial charge is 0.225 e. The monoisotopic (exact) mass is 211 g/mol. The third-order valence-corrected chi connectivity index (χ3v) is 3.38. The lowest BCUT2D eigenvalue weighted by Crippen LogP contribution is -2.36. The molecule has 0 N–H and O–H groups in total. The molecule has 0 radical (unpaired) electrons. The van der Waals surface area contributed by atoms with Gasteiger partial charge in [0.2, 0.25) is 5.91 Å². The molecule has 2 nitrogen and oxygen atoms in total. The molecule has 1 aliphatic rings. The maximum absolute atomic E-state index is 12.1. The van der Waals surface area contributed by atoms with E-state index in [0.717, 1.165) is 25.3 Å². The summed E-state index contributed by atoms with van der Waals surface area (Å²) < 4.78 is 0. The molecule has 0 atom stereocenters. The zero-order valence-electron chi connectivity index (χ0n) is 10.6. The fraction of sp³-hybridized carbons (Fsp3) is 0.923. The van der Waals surface area contributed by atoms with Gasteiger partial charge < -0.3 is 4.90 Å². The van der Waals surface area contributed by atoms with Gasteiger partial charge in [0.25, 0.3) is 0 Å². The molecule has 1 aliphatic carbocycles. The van der Waals surface area contributed by atoms with Gasteiger partial charge in [0.1, 0.15) is 0 Å². The Balaban J connectivity index is 2.39. The summed E-state index contributed by atoms with van der Waals surface area (Å²) in [5.74, 6) is 2.08. The summed E-state index contributed by atoms with van der Waals surface area (Å²) in [6.45, 7) is 7.50. The molecule has 0 aromatic carbocycles. The molecule has 1 saturated carbocycles. The quantitative estimate of drug-likeness (QED) is 0.703. The summed E-state index contributed by atoms with van der Waals surface area (Å²) in [4.78, 5) is 14.0. The lowest BCUT2D eigenvalue weighted by Gasteiger charge is -2.29. The van der Waals surface area contributed by atoms with Crippen molar-refractivity contribution in [2.24, 2.45) is 17.8 Å². The van der Waals surface area contributed by atoms with Crippen molar-refractivity contribution in [2.45, 2.75) is 46.5 Å². The minimum atomic E-state index is 0.310. The molecule has 0 spiro atoms. The first-order valence-electron chi connectivity index (χ1n) is 6.25. The van der Waals surface area contributed by atoms with Crippen LogP contribution in [-0.4, -0.2) is 24.4 Å². The first kappa shape index (κ1) is 12.5. The van der Waals surface area contributed by atoms with Crippen molar-refractivity contribution in [2.75, 3.05) is 13.6 Å². The molecule has 1 fully saturated rings. The zero-order valence-corrected chi connectivity index (χ0v) is 10.6. The number of nitrogens with zero attached hydrogens (tertiary/aromatic N) is 1. The average Bonchev–Trinajstić information content (AvgIpc) is 2.17. The molecule has 1 rings (SSSR count). The first-order chi connectivity index (χ1) is 7.00. The second-order valence-electron chi connectivity index (χ2n) is 5.57. The number of hydrogen-bond donors (Lipinski definition) is 0. The number of carbonyl (C=O) groups excluding carboxylic acids is 1. The molecule has 0 aromatic heterocycles. The summed E-state index contributed by atoms with van der Waals surface area (Å²) in [7, 11) is 1.94. The van der Waals surface area contributed by atoms with Gasteiger partial charge in [0.05, 0.1) is 0 Å². The van der Waals surface area contributed by atoms with Crippen LogP contribution in [0.4, 0.5) is 0 Å². The van der Waals surface area contributed by atoms with Crippen molar-refractivity contribution in [1.29, 1.82) is 0 Å². The minimum absolute atomic E-state index is 0.310. The maximum Gasteiger partial charge on any atom is 0.225 e. The highest BCUT2D eigenvalue weighted by molar-refractivity contribution is 5.78. The highest BCUT2D eigenvalue weighted by Gasteiger charge is 2.26. The Hall–Kier alpha value is -0.530. The van der Waals surface area contributed by atoms with Gasteiger partial charge in [-0.25, -0.2) is 0 Å². The second kappa shape index (κ2) is 5.53. The number of carbonyl (C=O) groups is 1. The molecule has 1 amide bonds. The van der Waals surface area contributed by atoms with Crippen LogP contribution < -0.4 is 0 Å². The fourth-order valence-electron chi connectivity index (χ4n) is 2.46. The summed E-state index contributed by atoms with van der Waals surface area (Å²) in [5, 5.41) is 0. The van der Waals surface area contributed by atoms with Gasteiger partial charge in [-0.05, 0) is 37.5 Å². The fourth-order valence-corrected chi connectivity index (χ4v) is 2.46. The third-order valence-electron chi connectivity index (χ3n) is 3.38. The lowest BCUT2D eigenvalue weighted by molar-refractivity contribution is -0.135. The SMILES string of the molecule is CC(C)CN(C)C(=O)[C@H]1CC[C@H](C)CC1. The van der Waals surface area contributed by atoms with Crippen LogP contribution in [0.15, 0.2) is 0 Å². The number of rotatable bonds is 3. The van der Waals surface area contributed by atoms with Gasteiger partial charge in [-0.1, -0.05) is 20.8 Å². The molecule has 15 heavy (non-hydrogen) atoms. The van der Waals surface area contributed by atoms with E-state index in [4.69, 9.17) is 0 Å². The van der Waals surface area contributed by atoms with Crippen molar-refractivity contribution in [1.82, 2.24) is 4.90 Å². The molecule has 0 unspecified atom stereocenters. The largest absolute Gasteiger partial charge is 0.345 e.